The third kappa shape index (κ3) is 4.63. The summed E-state index contributed by atoms with van der Waals surface area (Å²) in [5, 5.41) is 11.7. The maximum atomic E-state index is 12.3. The Bertz CT molecular complexity index is 581. The van der Waals surface area contributed by atoms with Crippen molar-refractivity contribution in [2.75, 3.05) is 7.11 Å². The van der Waals surface area contributed by atoms with Gasteiger partial charge in [0.2, 0.25) is 0 Å². The number of methoxy groups -OCH3 is 1. The van der Waals surface area contributed by atoms with Gasteiger partial charge in [-0.05, 0) is 50.3 Å². The molecular formula is C18H25NO5. The standard InChI is InChI=1S/C18H25NO5/c1-3-6-14(18(21)22)19-17(20)12-9-10-15(16(11-12)23-2)24-13-7-4-5-8-13/h9-11,13-14H,3-8H2,1-2H3,(H,19,20)(H,21,22). The summed E-state index contributed by atoms with van der Waals surface area (Å²) in [4.78, 5) is 23.5. The van der Waals surface area contributed by atoms with Crippen LogP contribution in [0.2, 0.25) is 0 Å². The van der Waals surface area contributed by atoms with Crippen LogP contribution < -0.4 is 14.8 Å². The summed E-state index contributed by atoms with van der Waals surface area (Å²) >= 11 is 0. The van der Waals surface area contributed by atoms with E-state index < -0.39 is 17.9 Å². The summed E-state index contributed by atoms with van der Waals surface area (Å²) in [5.41, 5.74) is 0.355. The molecule has 0 aromatic heterocycles. The Kier molecular flexibility index (Phi) is 6.46. The third-order valence-electron chi connectivity index (χ3n) is 4.20. The van der Waals surface area contributed by atoms with Crippen molar-refractivity contribution >= 4 is 11.9 Å². The van der Waals surface area contributed by atoms with Crippen LogP contribution in [0.5, 0.6) is 11.5 Å². The second-order valence-electron chi connectivity index (χ2n) is 6.04. The number of benzene rings is 1. The van der Waals surface area contributed by atoms with Gasteiger partial charge in [0.15, 0.2) is 11.5 Å². The van der Waals surface area contributed by atoms with Gasteiger partial charge in [0.1, 0.15) is 6.04 Å². The van der Waals surface area contributed by atoms with Crippen molar-refractivity contribution in [3.05, 3.63) is 23.8 Å². The van der Waals surface area contributed by atoms with Crippen molar-refractivity contribution in [3.63, 3.8) is 0 Å². The summed E-state index contributed by atoms with van der Waals surface area (Å²) in [6.45, 7) is 1.88. The number of carboxylic acids is 1. The van der Waals surface area contributed by atoms with Crippen molar-refractivity contribution in [2.45, 2.75) is 57.6 Å². The Labute approximate surface area is 142 Å². The normalized spacial score (nSPS) is 15.8. The van der Waals surface area contributed by atoms with E-state index in [-0.39, 0.29) is 6.10 Å². The number of hydrogen-bond donors (Lipinski definition) is 2. The Morgan fingerprint density at radius 2 is 2.00 bits per heavy atom. The molecule has 132 valence electrons. The number of carbonyl (C=O) groups excluding carboxylic acids is 1. The summed E-state index contributed by atoms with van der Waals surface area (Å²) < 4.78 is 11.3. The van der Waals surface area contributed by atoms with Crippen molar-refractivity contribution in [1.82, 2.24) is 5.32 Å². The van der Waals surface area contributed by atoms with E-state index in [1.165, 1.54) is 20.0 Å². The van der Waals surface area contributed by atoms with Crippen LogP contribution in [0.3, 0.4) is 0 Å². The molecule has 24 heavy (non-hydrogen) atoms. The van der Waals surface area contributed by atoms with Gasteiger partial charge in [-0.1, -0.05) is 13.3 Å². The molecule has 6 heteroatoms. The summed E-state index contributed by atoms with van der Waals surface area (Å²) in [6, 6.07) is 4.04. The number of carbonyl (C=O) groups is 2. The molecule has 1 saturated carbocycles. The molecular weight excluding hydrogens is 310 g/mol. The molecule has 1 atom stereocenters. The minimum absolute atomic E-state index is 0.194. The van der Waals surface area contributed by atoms with Gasteiger partial charge in [0, 0.05) is 5.56 Å². The molecule has 1 aromatic carbocycles. The monoisotopic (exact) mass is 335 g/mol. The molecule has 0 spiro atoms. The fourth-order valence-corrected chi connectivity index (χ4v) is 2.88. The first-order valence-electron chi connectivity index (χ1n) is 8.43. The van der Waals surface area contributed by atoms with Gasteiger partial charge in [-0.2, -0.15) is 0 Å². The molecule has 2 rings (SSSR count). The summed E-state index contributed by atoms with van der Waals surface area (Å²) in [7, 11) is 1.52. The van der Waals surface area contributed by atoms with Crippen molar-refractivity contribution in [2.24, 2.45) is 0 Å². The molecule has 6 nitrogen and oxygen atoms in total. The van der Waals surface area contributed by atoms with Crippen molar-refractivity contribution in [3.8, 4) is 11.5 Å². The number of hydrogen-bond acceptors (Lipinski definition) is 4. The second-order valence-corrected chi connectivity index (χ2v) is 6.04. The van der Waals surface area contributed by atoms with E-state index in [2.05, 4.69) is 5.32 Å². The lowest BCUT2D eigenvalue weighted by molar-refractivity contribution is -0.139. The molecule has 0 heterocycles. The van der Waals surface area contributed by atoms with Gasteiger partial charge in [-0.15, -0.1) is 0 Å². The topological polar surface area (TPSA) is 84.9 Å². The maximum Gasteiger partial charge on any atom is 0.326 e. The van der Waals surface area contributed by atoms with Crippen LogP contribution in [-0.4, -0.2) is 36.2 Å². The molecule has 1 aliphatic carbocycles. The quantitative estimate of drug-likeness (QED) is 0.763. The lowest BCUT2D eigenvalue weighted by Gasteiger charge is -2.17. The number of rotatable bonds is 8. The molecule has 0 aliphatic heterocycles. The van der Waals surface area contributed by atoms with Gasteiger partial charge in [0.05, 0.1) is 13.2 Å². The lowest BCUT2D eigenvalue weighted by Crippen LogP contribution is -2.40. The van der Waals surface area contributed by atoms with Crippen LogP contribution >= 0.6 is 0 Å². The number of nitrogens with one attached hydrogen (secondary N) is 1. The van der Waals surface area contributed by atoms with Crippen LogP contribution in [0.15, 0.2) is 18.2 Å². The molecule has 1 amide bonds. The first-order valence-corrected chi connectivity index (χ1v) is 8.43. The fraction of sp³-hybridized carbons (Fsp3) is 0.556. The van der Waals surface area contributed by atoms with Gasteiger partial charge in [0.25, 0.3) is 5.91 Å². The lowest BCUT2D eigenvalue weighted by atomic mass is 10.1. The molecule has 0 saturated heterocycles. The third-order valence-corrected chi connectivity index (χ3v) is 4.20. The first kappa shape index (κ1) is 18.1. The van der Waals surface area contributed by atoms with E-state index in [1.54, 1.807) is 18.2 Å². The number of carboxylic acid groups (broad SMARTS) is 1. The highest BCUT2D eigenvalue weighted by Gasteiger charge is 2.22. The highest BCUT2D eigenvalue weighted by Crippen LogP contribution is 2.32. The van der Waals surface area contributed by atoms with Gasteiger partial charge >= 0.3 is 5.97 Å². The Morgan fingerprint density at radius 3 is 2.58 bits per heavy atom. The maximum absolute atomic E-state index is 12.3. The predicted octanol–water partition coefficient (Wildman–Crippen LogP) is 3.00. The van der Waals surface area contributed by atoms with E-state index in [4.69, 9.17) is 14.6 Å². The molecule has 0 bridgehead atoms. The first-order chi connectivity index (χ1) is 11.5. The Balaban J connectivity index is 2.09. The molecule has 1 unspecified atom stereocenters. The molecule has 1 aliphatic rings. The zero-order chi connectivity index (χ0) is 17.5. The van der Waals surface area contributed by atoms with Gasteiger partial charge in [-0.3, -0.25) is 4.79 Å². The Hall–Kier alpha value is -2.24. The van der Waals surface area contributed by atoms with E-state index in [0.29, 0.717) is 29.9 Å². The van der Waals surface area contributed by atoms with Gasteiger partial charge < -0.3 is 19.9 Å². The van der Waals surface area contributed by atoms with E-state index in [1.807, 2.05) is 6.92 Å². The van der Waals surface area contributed by atoms with Gasteiger partial charge in [-0.25, -0.2) is 4.79 Å². The summed E-state index contributed by atoms with van der Waals surface area (Å²) in [5.74, 6) is -0.360. The number of ether oxygens (including phenoxy) is 2. The van der Waals surface area contributed by atoms with Crippen LogP contribution in [0, 0.1) is 0 Å². The van der Waals surface area contributed by atoms with E-state index in [9.17, 15) is 9.59 Å². The zero-order valence-electron chi connectivity index (χ0n) is 14.2. The SMILES string of the molecule is CCCC(NC(=O)c1ccc(OC2CCCC2)c(OC)c1)C(=O)O. The largest absolute Gasteiger partial charge is 0.493 e. The minimum Gasteiger partial charge on any atom is -0.493 e. The highest BCUT2D eigenvalue weighted by molar-refractivity contribution is 5.97. The molecule has 2 N–H and O–H groups in total. The average Bonchev–Trinajstić information content (AvgIpc) is 3.07. The summed E-state index contributed by atoms with van der Waals surface area (Å²) in [6.07, 6.45) is 5.66. The van der Waals surface area contributed by atoms with Crippen LogP contribution in [0.4, 0.5) is 0 Å². The second kappa shape index (κ2) is 8.57. The highest BCUT2D eigenvalue weighted by atomic mass is 16.5. The van der Waals surface area contributed by atoms with Crippen LogP contribution in [0.1, 0.15) is 55.8 Å². The molecule has 0 radical (unpaired) electrons. The molecule has 1 fully saturated rings. The fourth-order valence-electron chi connectivity index (χ4n) is 2.88. The van der Waals surface area contributed by atoms with E-state index in [0.717, 1.165) is 12.8 Å². The predicted molar refractivity (Wildman–Crippen MR) is 89.7 cm³/mol. The van der Waals surface area contributed by atoms with Crippen LogP contribution in [-0.2, 0) is 4.79 Å². The van der Waals surface area contributed by atoms with E-state index >= 15 is 0 Å². The minimum atomic E-state index is -1.03. The zero-order valence-corrected chi connectivity index (χ0v) is 14.2. The number of aliphatic carboxylic acids is 1. The molecule has 1 aromatic rings. The van der Waals surface area contributed by atoms with Crippen molar-refractivity contribution in [1.29, 1.82) is 0 Å². The van der Waals surface area contributed by atoms with Crippen LogP contribution in [0.25, 0.3) is 0 Å². The van der Waals surface area contributed by atoms with Crippen molar-refractivity contribution < 1.29 is 24.2 Å². The smallest absolute Gasteiger partial charge is 0.326 e. The average molecular weight is 335 g/mol. The number of amides is 1. The Morgan fingerprint density at radius 1 is 1.29 bits per heavy atom.